The summed E-state index contributed by atoms with van der Waals surface area (Å²) in [4.78, 5) is 25.3. The number of anilines is 1. The zero-order chi connectivity index (χ0) is 18.4. The summed E-state index contributed by atoms with van der Waals surface area (Å²) < 4.78 is 31.6. The van der Waals surface area contributed by atoms with Crippen LogP contribution in [0.5, 0.6) is 0 Å². The van der Waals surface area contributed by atoms with Gasteiger partial charge in [0.2, 0.25) is 0 Å². The van der Waals surface area contributed by atoms with Gasteiger partial charge in [-0.25, -0.2) is 0 Å². The molecule has 26 heavy (non-hydrogen) atoms. The van der Waals surface area contributed by atoms with Crippen molar-refractivity contribution in [3.8, 4) is 0 Å². The SMILES string of the molecule is CC(C)c1ccc(CN2C(=O)C(=O)c3cc(S(=O)(=O)O)ccc32)cc1.[NaH]. The molecule has 2 aromatic rings. The van der Waals surface area contributed by atoms with Crippen LogP contribution in [-0.2, 0) is 21.5 Å². The summed E-state index contributed by atoms with van der Waals surface area (Å²) in [6.07, 6.45) is 0. The van der Waals surface area contributed by atoms with Gasteiger partial charge in [0.15, 0.2) is 0 Å². The fraction of sp³-hybridized carbons (Fsp3) is 0.222. The van der Waals surface area contributed by atoms with Crippen molar-refractivity contribution in [2.75, 3.05) is 4.90 Å². The van der Waals surface area contributed by atoms with E-state index >= 15 is 0 Å². The zero-order valence-electron chi connectivity index (χ0n) is 13.8. The van der Waals surface area contributed by atoms with Gasteiger partial charge in [-0.05, 0) is 35.2 Å². The number of rotatable bonds is 4. The Hall–Kier alpha value is -1.51. The van der Waals surface area contributed by atoms with E-state index < -0.39 is 26.7 Å². The minimum atomic E-state index is -4.44. The van der Waals surface area contributed by atoms with Crippen molar-refractivity contribution < 1.29 is 22.6 Å². The van der Waals surface area contributed by atoms with Crippen LogP contribution in [0.1, 0.15) is 41.3 Å². The van der Waals surface area contributed by atoms with Gasteiger partial charge in [0, 0.05) is 0 Å². The molecule has 1 amide bonds. The molecule has 0 saturated heterocycles. The van der Waals surface area contributed by atoms with E-state index in [0.29, 0.717) is 11.6 Å². The van der Waals surface area contributed by atoms with Crippen LogP contribution in [0.3, 0.4) is 0 Å². The number of ketones is 1. The Morgan fingerprint density at radius 2 is 1.65 bits per heavy atom. The summed E-state index contributed by atoms with van der Waals surface area (Å²) >= 11 is 0. The normalized spacial score (nSPS) is 13.8. The molecular weight excluding hydrogens is 365 g/mol. The third-order valence-electron chi connectivity index (χ3n) is 4.23. The Kier molecular flexibility index (Phi) is 6.09. The third kappa shape index (κ3) is 3.92. The van der Waals surface area contributed by atoms with Crippen LogP contribution in [0.15, 0.2) is 47.4 Å². The predicted octanol–water partition coefficient (Wildman–Crippen LogP) is 2.14. The Bertz CT molecular complexity index is 968. The first-order valence-corrected chi connectivity index (χ1v) is 9.19. The van der Waals surface area contributed by atoms with Gasteiger partial charge < -0.3 is 4.90 Å². The first kappa shape index (κ1) is 20.8. The van der Waals surface area contributed by atoms with Crippen LogP contribution in [0.25, 0.3) is 0 Å². The van der Waals surface area contributed by atoms with Crippen LogP contribution in [-0.4, -0.2) is 54.2 Å². The van der Waals surface area contributed by atoms with Crippen LogP contribution in [0.2, 0.25) is 0 Å². The van der Waals surface area contributed by atoms with E-state index in [1.54, 1.807) is 0 Å². The molecule has 0 aliphatic carbocycles. The second-order valence-corrected chi connectivity index (χ2v) is 7.69. The fourth-order valence-electron chi connectivity index (χ4n) is 2.79. The van der Waals surface area contributed by atoms with Crippen molar-refractivity contribution in [1.29, 1.82) is 0 Å². The number of hydrogen-bond donors (Lipinski definition) is 1. The Morgan fingerprint density at radius 3 is 2.19 bits per heavy atom. The van der Waals surface area contributed by atoms with Crippen LogP contribution in [0.4, 0.5) is 5.69 Å². The summed E-state index contributed by atoms with van der Waals surface area (Å²) in [6, 6.07) is 11.3. The van der Waals surface area contributed by atoms with Crippen molar-refractivity contribution in [2.24, 2.45) is 0 Å². The van der Waals surface area contributed by atoms with E-state index in [-0.39, 0.29) is 41.7 Å². The molecular formula is C18H18NNaO5S. The van der Waals surface area contributed by atoms with Gasteiger partial charge in [-0.2, -0.15) is 8.42 Å². The summed E-state index contributed by atoms with van der Waals surface area (Å²) in [5.74, 6) is -1.10. The molecule has 132 valence electrons. The van der Waals surface area contributed by atoms with Crippen molar-refractivity contribution in [3.05, 3.63) is 59.2 Å². The molecule has 1 N–H and O–H groups in total. The molecule has 6 nitrogen and oxygen atoms in total. The van der Waals surface area contributed by atoms with E-state index in [4.69, 9.17) is 4.55 Å². The summed E-state index contributed by atoms with van der Waals surface area (Å²) in [5, 5.41) is 0. The molecule has 0 radical (unpaired) electrons. The third-order valence-corrected chi connectivity index (χ3v) is 5.08. The Morgan fingerprint density at radius 1 is 1.04 bits per heavy atom. The molecule has 0 saturated carbocycles. The predicted molar refractivity (Wildman–Crippen MR) is 99.5 cm³/mol. The first-order chi connectivity index (χ1) is 11.7. The zero-order valence-corrected chi connectivity index (χ0v) is 14.6. The second kappa shape index (κ2) is 7.62. The maximum absolute atomic E-state index is 12.3. The number of amides is 1. The summed E-state index contributed by atoms with van der Waals surface area (Å²) in [6.45, 7) is 4.38. The van der Waals surface area contributed by atoms with Gasteiger partial charge in [0.25, 0.3) is 21.8 Å². The van der Waals surface area contributed by atoms with Gasteiger partial charge in [-0.3, -0.25) is 14.1 Å². The number of hydrogen-bond acceptors (Lipinski definition) is 4. The monoisotopic (exact) mass is 383 g/mol. The number of carbonyl (C=O) groups is 2. The topological polar surface area (TPSA) is 91.8 Å². The molecule has 2 aromatic carbocycles. The minimum absolute atomic E-state index is 0. The molecule has 1 heterocycles. The number of Topliss-reactive ketones (excluding diaryl/α,β-unsaturated/α-hetero) is 1. The van der Waals surface area contributed by atoms with E-state index in [2.05, 4.69) is 13.8 Å². The van der Waals surface area contributed by atoms with Gasteiger partial charge in [0.1, 0.15) is 0 Å². The Balaban J connectivity index is 0.00000243. The molecule has 0 spiro atoms. The van der Waals surface area contributed by atoms with Crippen molar-refractivity contribution in [3.63, 3.8) is 0 Å². The maximum atomic E-state index is 12.3. The second-order valence-electron chi connectivity index (χ2n) is 6.27. The van der Waals surface area contributed by atoms with Crippen molar-refractivity contribution in [2.45, 2.75) is 31.2 Å². The van der Waals surface area contributed by atoms with E-state index in [1.165, 1.54) is 22.6 Å². The quantitative estimate of drug-likeness (QED) is 0.496. The van der Waals surface area contributed by atoms with Crippen molar-refractivity contribution in [1.82, 2.24) is 0 Å². The average Bonchev–Trinajstić information content (AvgIpc) is 2.79. The summed E-state index contributed by atoms with van der Waals surface area (Å²) in [5.41, 5.74) is 2.36. The van der Waals surface area contributed by atoms with E-state index in [1.807, 2.05) is 24.3 Å². The number of fused-ring (bicyclic) bond motifs is 1. The van der Waals surface area contributed by atoms with Gasteiger partial charge in [-0.1, -0.05) is 38.1 Å². The van der Waals surface area contributed by atoms with Gasteiger partial charge in [0.05, 0.1) is 22.7 Å². The van der Waals surface area contributed by atoms with Crippen LogP contribution in [0, 0.1) is 0 Å². The molecule has 0 unspecified atom stereocenters. The molecule has 0 aromatic heterocycles. The molecule has 0 fully saturated rings. The van der Waals surface area contributed by atoms with Gasteiger partial charge >= 0.3 is 29.6 Å². The fourth-order valence-corrected chi connectivity index (χ4v) is 3.29. The number of nitrogens with zero attached hydrogens (tertiary/aromatic N) is 1. The Labute approximate surface area is 174 Å². The number of benzene rings is 2. The van der Waals surface area contributed by atoms with Crippen molar-refractivity contribution >= 4 is 57.1 Å². The average molecular weight is 383 g/mol. The standard InChI is InChI=1S/C18H17NO5S.Na.H/c1-11(2)13-5-3-12(4-6-13)10-19-16-8-7-14(25(22,23)24)9-15(16)17(20)18(19)21;;/h3-9,11H,10H2,1-2H3,(H,22,23,24);;. The summed E-state index contributed by atoms with van der Waals surface area (Å²) in [7, 11) is -4.44. The molecule has 1 aliphatic heterocycles. The number of carbonyl (C=O) groups excluding carboxylic acids is 2. The van der Waals surface area contributed by atoms with E-state index in [9.17, 15) is 18.0 Å². The van der Waals surface area contributed by atoms with E-state index in [0.717, 1.165) is 11.6 Å². The molecule has 1 aliphatic rings. The van der Waals surface area contributed by atoms with Crippen LogP contribution >= 0.6 is 0 Å². The molecule has 8 heteroatoms. The van der Waals surface area contributed by atoms with Crippen LogP contribution < -0.4 is 4.90 Å². The molecule has 0 atom stereocenters. The first-order valence-electron chi connectivity index (χ1n) is 7.75. The van der Waals surface area contributed by atoms with Gasteiger partial charge in [-0.15, -0.1) is 0 Å². The molecule has 3 rings (SSSR count). The molecule has 0 bridgehead atoms.